The summed E-state index contributed by atoms with van der Waals surface area (Å²) in [6, 6.07) is 0.532. The first-order chi connectivity index (χ1) is 13.2. The minimum absolute atomic E-state index is 0. The Labute approximate surface area is 189 Å². The van der Waals surface area contributed by atoms with Crippen LogP contribution in [-0.4, -0.2) is 75.5 Å². The topological polar surface area (TPSA) is 58.1 Å². The molecule has 6 nitrogen and oxygen atoms in total. The summed E-state index contributed by atoms with van der Waals surface area (Å²) in [5, 5.41) is 6.85. The maximum atomic E-state index is 5.83. The van der Waals surface area contributed by atoms with Gasteiger partial charge in [-0.05, 0) is 51.6 Å². The molecule has 0 saturated carbocycles. The zero-order valence-corrected chi connectivity index (χ0v) is 20.6. The molecule has 2 saturated heterocycles. The smallest absolute Gasteiger partial charge is 0.191 e. The molecule has 2 fully saturated rings. The number of hydrogen-bond donors (Lipinski definition) is 2. The third-order valence-electron chi connectivity index (χ3n) is 5.51. The lowest BCUT2D eigenvalue weighted by atomic mass is 10.0. The van der Waals surface area contributed by atoms with Gasteiger partial charge >= 0.3 is 0 Å². The highest BCUT2D eigenvalue weighted by atomic mass is 127. The molecule has 2 rings (SSSR count). The van der Waals surface area contributed by atoms with E-state index in [2.05, 4.69) is 36.3 Å². The van der Waals surface area contributed by atoms with E-state index in [-0.39, 0.29) is 24.0 Å². The lowest BCUT2D eigenvalue weighted by molar-refractivity contribution is 0.0420. The minimum atomic E-state index is 0. The van der Waals surface area contributed by atoms with Crippen LogP contribution in [0.4, 0.5) is 0 Å². The zero-order chi connectivity index (χ0) is 19.3. The van der Waals surface area contributed by atoms with E-state index in [1.807, 2.05) is 0 Å². The summed E-state index contributed by atoms with van der Waals surface area (Å²) in [6.45, 7) is 14.2. The van der Waals surface area contributed by atoms with Gasteiger partial charge in [-0.2, -0.15) is 0 Å². The molecule has 28 heavy (non-hydrogen) atoms. The number of halogens is 1. The number of nitrogens with one attached hydrogen (secondary N) is 2. The second kappa shape index (κ2) is 15.7. The van der Waals surface area contributed by atoms with E-state index in [0.717, 1.165) is 58.3 Å². The van der Waals surface area contributed by atoms with Crippen molar-refractivity contribution in [2.24, 2.45) is 10.9 Å². The van der Waals surface area contributed by atoms with Gasteiger partial charge in [0.05, 0.1) is 19.3 Å². The summed E-state index contributed by atoms with van der Waals surface area (Å²) in [7, 11) is 0. The normalized spacial score (nSPS) is 22.6. The van der Waals surface area contributed by atoms with Gasteiger partial charge in [-0.15, -0.1) is 24.0 Å². The molecule has 0 aromatic carbocycles. The van der Waals surface area contributed by atoms with Crippen molar-refractivity contribution < 1.29 is 9.47 Å². The van der Waals surface area contributed by atoms with Crippen LogP contribution in [0.25, 0.3) is 0 Å². The van der Waals surface area contributed by atoms with Gasteiger partial charge in [0.2, 0.25) is 0 Å². The molecule has 0 aliphatic carbocycles. The second-order valence-electron chi connectivity index (χ2n) is 8.12. The van der Waals surface area contributed by atoms with Gasteiger partial charge in [-0.1, -0.05) is 26.7 Å². The van der Waals surface area contributed by atoms with E-state index in [9.17, 15) is 0 Å². The number of rotatable bonds is 10. The Morgan fingerprint density at radius 3 is 2.54 bits per heavy atom. The maximum absolute atomic E-state index is 5.83. The number of ether oxygens (including phenoxy) is 2. The number of guanidine groups is 1. The van der Waals surface area contributed by atoms with E-state index in [4.69, 9.17) is 14.5 Å². The Morgan fingerprint density at radius 1 is 1.18 bits per heavy atom. The molecule has 0 radical (unpaired) electrons. The number of hydrogen-bond acceptors (Lipinski definition) is 4. The van der Waals surface area contributed by atoms with Crippen molar-refractivity contribution >= 4 is 29.9 Å². The molecule has 0 amide bonds. The van der Waals surface area contributed by atoms with Crippen molar-refractivity contribution in [3.8, 4) is 0 Å². The Balaban J connectivity index is 0.00000392. The van der Waals surface area contributed by atoms with E-state index in [0.29, 0.717) is 18.1 Å². The number of likely N-dealkylation sites (tertiary alicyclic amines) is 1. The molecule has 7 heteroatoms. The van der Waals surface area contributed by atoms with Crippen LogP contribution < -0.4 is 10.6 Å². The summed E-state index contributed by atoms with van der Waals surface area (Å²) < 4.78 is 11.2. The first kappa shape index (κ1) is 25.9. The zero-order valence-electron chi connectivity index (χ0n) is 18.3. The predicted octanol–water partition coefficient (Wildman–Crippen LogP) is 3.26. The van der Waals surface area contributed by atoms with Gasteiger partial charge in [-0.25, -0.2) is 0 Å². The molecule has 0 bridgehead atoms. The van der Waals surface area contributed by atoms with Gasteiger partial charge in [0.25, 0.3) is 0 Å². The molecule has 2 aliphatic heterocycles. The first-order valence-electron chi connectivity index (χ1n) is 11.2. The minimum Gasteiger partial charge on any atom is -0.379 e. The summed E-state index contributed by atoms with van der Waals surface area (Å²) >= 11 is 0. The molecule has 2 atom stereocenters. The Hall–Kier alpha value is -0.120. The summed E-state index contributed by atoms with van der Waals surface area (Å²) in [6.07, 6.45) is 7.74. The van der Waals surface area contributed by atoms with Crippen molar-refractivity contribution in [3.63, 3.8) is 0 Å². The van der Waals surface area contributed by atoms with Gasteiger partial charge in [0.1, 0.15) is 0 Å². The summed E-state index contributed by atoms with van der Waals surface area (Å²) in [5.41, 5.74) is 0. The lowest BCUT2D eigenvalue weighted by Gasteiger charge is -2.32. The molecule has 2 heterocycles. The first-order valence-corrected chi connectivity index (χ1v) is 11.2. The molecular weight excluding hydrogens is 467 g/mol. The number of aliphatic imine (C=N–C) groups is 1. The fraction of sp³-hybridized carbons (Fsp3) is 0.952. The van der Waals surface area contributed by atoms with Gasteiger partial charge < -0.3 is 20.1 Å². The fourth-order valence-electron chi connectivity index (χ4n) is 3.87. The van der Waals surface area contributed by atoms with Crippen LogP contribution >= 0.6 is 24.0 Å². The molecule has 0 aromatic rings. The van der Waals surface area contributed by atoms with Crippen LogP contribution in [0.2, 0.25) is 0 Å². The predicted molar refractivity (Wildman–Crippen MR) is 128 cm³/mol. The highest BCUT2D eigenvalue weighted by Crippen LogP contribution is 2.17. The standard InChI is InChI=1S/C21H42N4O2.HI/c1-4-22-21(23-11-9-14-27-19-10-15-26-17-19)24-16-20(18(2)3)25-12-7-5-6-8-13-25;/h18-20H,4-17H2,1-3H3,(H2,22,23,24);1H. The molecule has 2 N–H and O–H groups in total. The van der Waals surface area contributed by atoms with E-state index in [1.54, 1.807) is 0 Å². The highest BCUT2D eigenvalue weighted by Gasteiger charge is 2.22. The SMILES string of the molecule is CCNC(=NCC(C(C)C)N1CCCCCC1)NCCCOC1CCOC1.I. The highest BCUT2D eigenvalue weighted by molar-refractivity contribution is 14.0. The Kier molecular flexibility index (Phi) is 14.5. The van der Waals surface area contributed by atoms with Crippen molar-refractivity contribution in [1.29, 1.82) is 0 Å². The Morgan fingerprint density at radius 2 is 1.93 bits per heavy atom. The number of nitrogens with zero attached hydrogens (tertiary/aromatic N) is 2. The van der Waals surface area contributed by atoms with Crippen LogP contribution in [0.3, 0.4) is 0 Å². The molecule has 2 unspecified atom stereocenters. The molecule has 0 aromatic heterocycles. The van der Waals surface area contributed by atoms with Crippen LogP contribution in [0.5, 0.6) is 0 Å². The van der Waals surface area contributed by atoms with Gasteiger partial charge in [0, 0.05) is 32.3 Å². The van der Waals surface area contributed by atoms with Crippen molar-refractivity contribution in [1.82, 2.24) is 15.5 Å². The summed E-state index contributed by atoms with van der Waals surface area (Å²) in [5.74, 6) is 1.55. The average Bonchev–Trinajstić information content (AvgIpc) is 3.03. The van der Waals surface area contributed by atoms with Crippen molar-refractivity contribution in [3.05, 3.63) is 0 Å². The van der Waals surface area contributed by atoms with Crippen molar-refractivity contribution in [2.45, 2.75) is 71.4 Å². The third-order valence-corrected chi connectivity index (χ3v) is 5.51. The molecule has 2 aliphatic rings. The quantitative estimate of drug-likeness (QED) is 0.205. The lowest BCUT2D eigenvalue weighted by Crippen LogP contribution is -2.44. The average molecular weight is 511 g/mol. The van der Waals surface area contributed by atoms with E-state index in [1.165, 1.54) is 38.8 Å². The van der Waals surface area contributed by atoms with Crippen LogP contribution in [0, 0.1) is 5.92 Å². The van der Waals surface area contributed by atoms with E-state index >= 15 is 0 Å². The maximum Gasteiger partial charge on any atom is 0.191 e. The monoisotopic (exact) mass is 510 g/mol. The van der Waals surface area contributed by atoms with Crippen LogP contribution in [-0.2, 0) is 9.47 Å². The van der Waals surface area contributed by atoms with E-state index < -0.39 is 0 Å². The summed E-state index contributed by atoms with van der Waals surface area (Å²) in [4.78, 5) is 7.58. The van der Waals surface area contributed by atoms with Crippen LogP contribution in [0.15, 0.2) is 4.99 Å². The Bertz CT molecular complexity index is 409. The second-order valence-corrected chi connectivity index (χ2v) is 8.12. The van der Waals surface area contributed by atoms with Gasteiger partial charge in [-0.3, -0.25) is 9.89 Å². The molecule has 0 spiro atoms. The fourth-order valence-corrected chi connectivity index (χ4v) is 3.87. The van der Waals surface area contributed by atoms with Crippen molar-refractivity contribution in [2.75, 3.05) is 52.5 Å². The molecular formula is C21H43IN4O2. The largest absolute Gasteiger partial charge is 0.379 e. The third kappa shape index (κ3) is 10.1. The van der Waals surface area contributed by atoms with Crippen LogP contribution in [0.1, 0.15) is 59.3 Å². The molecule has 166 valence electrons. The van der Waals surface area contributed by atoms with Gasteiger partial charge in [0.15, 0.2) is 5.96 Å².